The predicted molar refractivity (Wildman–Crippen MR) is 75.0 cm³/mol. The molecule has 3 fully saturated rings. The number of amides is 1. The van der Waals surface area contributed by atoms with Crippen molar-refractivity contribution in [3.8, 4) is 0 Å². The van der Waals surface area contributed by atoms with Crippen molar-refractivity contribution in [2.24, 2.45) is 29.6 Å². The topological polar surface area (TPSA) is 57.6 Å². The van der Waals surface area contributed by atoms with Gasteiger partial charge in [-0.25, -0.2) is 0 Å². The second kappa shape index (κ2) is 5.38. The number of aliphatic carboxylic acids is 1. The van der Waals surface area contributed by atoms with Crippen molar-refractivity contribution in [2.45, 2.75) is 45.4 Å². The molecule has 4 heteroatoms. The Morgan fingerprint density at radius 2 is 2.00 bits per heavy atom. The third kappa shape index (κ3) is 2.57. The average molecular weight is 279 g/mol. The molecular weight excluding hydrogens is 254 g/mol. The highest BCUT2D eigenvalue weighted by molar-refractivity contribution is 5.77. The van der Waals surface area contributed by atoms with Gasteiger partial charge in [-0.2, -0.15) is 0 Å². The van der Waals surface area contributed by atoms with Gasteiger partial charge < -0.3 is 10.0 Å². The van der Waals surface area contributed by atoms with Crippen molar-refractivity contribution in [1.29, 1.82) is 0 Å². The van der Waals surface area contributed by atoms with E-state index in [2.05, 4.69) is 0 Å². The van der Waals surface area contributed by atoms with Crippen LogP contribution < -0.4 is 0 Å². The molecule has 0 spiro atoms. The minimum absolute atomic E-state index is 0.0743. The number of piperidine rings is 1. The normalized spacial score (nSPS) is 40.0. The van der Waals surface area contributed by atoms with Crippen LogP contribution in [0.5, 0.6) is 0 Å². The first-order chi connectivity index (χ1) is 9.54. The van der Waals surface area contributed by atoms with E-state index in [9.17, 15) is 9.59 Å². The van der Waals surface area contributed by atoms with Crippen LogP contribution in [-0.2, 0) is 9.59 Å². The first kappa shape index (κ1) is 13.9. The Morgan fingerprint density at radius 1 is 1.20 bits per heavy atom. The SMILES string of the molecule is CC1CN(C(=O)CC2CC3CCC2C3)CCC1C(=O)O. The summed E-state index contributed by atoms with van der Waals surface area (Å²) in [5.74, 6) is 1.63. The van der Waals surface area contributed by atoms with Gasteiger partial charge in [-0.15, -0.1) is 0 Å². The molecule has 0 radical (unpaired) electrons. The van der Waals surface area contributed by atoms with Gasteiger partial charge >= 0.3 is 5.97 Å². The zero-order valence-corrected chi connectivity index (χ0v) is 12.3. The Labute approximate surface area is 120 Å². The highest BCUT2D eigenvalue weighted by Crippen LogP contribution is 2.49. The molecule has 1 amide bonds. The first-order valence-electron chi connectivity index (χ1n) is 8.05. The van der Waals surface area contributed by atoms with E-state index >= 15 is 0 Å². The number of carbonyl (C=O) groups excluding carboxylic acids is 1. The Bertz CT molecular complexity index is 409. The third-order valence-corrected chi connectivity index (χ3v) is 5.90. The van der Waals surface area contributed by atoms with E-state index in [0.717, 1.165) is 11.8 Å². The van der Waals surface area contributed by atoms with E-state index in [1.165, 1.54) is 25.7 Å². The van der Waals surface area contributed by atoms with Crippen molar-refractivity contribution in [1.82, 2.24) is 4.90 Å². The zero-order valence-electron chi connectivity index (χ0n) is 12.3. The standard InChI is InChI=1S/C16H25NO3/c1-10-9-17(5-4-14(10)16(19)20)15(18)8-13-7-11-2-3-12(13)6-11/h10-14H,2-9H2,1H3,(H,19,20). The summed E-state index contributed by atoms with van der Waals surface area (Å²) < 4.78 is 0. The van der Waals surface area contributed by atoms with E-state index in [0.29, 0.717) is 31.8 Å². The molecule has 20 heavy (non-hydrogen) atoms. The number of nitrogens with zero attached hydrogens (tertiary/aromatic N) is 1. The minimum atomic E-state index is -0.710. The first-order valence-corrected chi connectivity index (χ1v) is 8.05. The maximum absolute atomic E-state index is 12.4. The van der Waals surface area contributed by atoms with Crippen LogP contribution in [-0.4, -0.2) is 35.0 Å². The van der Waals surface area contributed by atoms with Crippen LogP contribution in [0, 0.1) is 29.6 Å². The molecule has 2 bridgehead atoms. The monoisotopic (exact) mass is 279 g/mol. The molecule has 0 aromatic rings. The quantitative estimate of drug-likeness (QED) is 0.863. The number of carboxylic acid groups (broad SMARTS) is 1. The molecule has 3 rings (SSSR count). The van der Waals surface area contributed by atoms with Crippen LogP contribution in [0.4, 0.5) is 0 Å². The number of carboxylic acids is 1. The fourth-order valence-corrected chi connectivity index (χ4v) is 4.72. The fourth-order valence-electron chi connectivity index (χ4n) is 4.72. The fraction of sp³-hybridized carbons (Fsp3) is 0.875. The van der Waals surface area contributed by atoms with E-state index < -0.39 is 5.97 Å². The lowest BCUT2D eigenvalue weighted by molar-refractivity contribution is -0.148. The summed E-state index contributed by atoms with van der Waals surface area (Å²) >= 11 is 0. The van der Waals surface area contributed by atoms with Gasteiger partial charge in [-0.05, 0) is 49.4 Å². The van der Waals surface area contributed by atoms with Crippen LogP contribution >= 0.6 is 0 Å². The Hall–Kier alpha value is -1.06. The summed E-state index contributed by atoms with van der Waals surface area (Å²) in [7, 11) is 0. The number of rotatable bonds is 3. The van der Waals surface area contributed by atoms with E-state index in [-0.39, 0.29) is 17.7 Å². The molecule has 112 valence electrons. The number of carbonyl (C=O) groups is 2. The second-order valence-corrected chi connectivity index (χ2v) is 7.19. The van der Waals surface area contributed by atoms with Gasteiger partial charge in [0, 0.05) is 19.5 Å². The third-order valence-electron chi connectivity index (χ3n) is 5.90. The van der Waals surface area contributed by atoms with Gasteiger partial charge in [0.25, 0.3) is 0 Å². The van der Waals surface area contributed by atoms with Gasteiger partial charge in [0.1, 0.15) is 0 Å². The molecular formula is C16H25NO3. The van der Waals surface area contributed by atoms with Crippen molar-refractivity contribution >= 4 is 11.9 Å². The van der Waals surface area contributed by atoms with E-state index in [1.807, 2.05) is 11.8 Å². The van der Waals surface area contributed by atoms with Crippen LogP contribution in [0.25, 0.3) is 0 Å². The van der Waals surface area contributed by atoms with Gasteiger partial charge in [0.2, 0.25) is 5.91 Å². The molecule has 2 aliphatic carbocycles. The molecule has 1 heterocycles. The molecule has 1 saturated heterocycles. The summed E-state index contributed by atoms with van der Waals surface area (Å²) in [4.78, 5) is 25.4. The van der Waals surface area contributed by atoms with Gasteiger partial charge in [-0.1, -0.05) is 13.3 Å². The molecule has 4 nitrogen and oxygen atoms in total. The number of fused-ring (bicyclic) bond motifs is 2. The molecule has 0 aromatic heterocycles. The van der Waals surface area contributed by atoms with Crippen molar-refractivity contribution < 1.29 is 14.7 Å². The molecule has 1 N–H and O–H groups in total. The minimum Gasteiger partial charge on any atom is -0.481 e. The highest BCUT2D eigenvalue weighted by atomic mass is 16.4. The summed E-state index contributed by atoms with van der Waals surface area (Å²) in [5, 5.41) is 9.13. The van der Waals surface area contributed by atoms with Crippen molar-refractivity contribution in [3.05, 3.63) is 0 Å². The van der Waals surface area contributed by atoms with Gasteiger partial charge in [0.05, 0.1) is 5.92 Å². The van der Waals surface area contributed by atoms with Crippen molar-refractivity contribution in [2.75, 3.05) is 13.1 Å². The second-order valence-electron chi connectivity index (χ2n) is 7.19. The maximum atomic E-state index is 12.4. The number of likely N-dealkylation sites (tertiary alicyclic amines) is 1. The van der Waals surface area contributed by atoms with Gasteiger partial charge in [0.15, 0.2) is 0 Å². The molecule has 0 aromatic carbocycles. The number of hydrogen-bond donors (Lipinski definition) is 1. The summed E-state index contributed by atoms with van der Waals surface area (Å²) in [6.07, 6.45) is 6.59. The highest BCUT2D eigenvalue weighted by Gasteiger charge is 2.41. The zero-order chi connectivity index (χ0) is 14.3. The van der Waals surface area contributed by atoms with Crippen LogP contribution in [0.15, 0.2) is 0 Å². The predicted octanol–water partition coefficient (Wildman–Crippen LogP) is 2.38. The largest absolute Gasteiger partial charge is 0.481 e. The molecule has 5 atom stereocenters. The van der Waals surface area contributed by atoms with E-state index in [4.69, 9.17) is 5.11 Å². The lowest BCUT2D eigenvalue weighted by Gasteiger charge is -2.36. The summed E-state index contributed by atoms with van der Waals surface area (Å²) in [6, 6.07) is 0. The van der Waals surface area contributed by atoms with Crippen LogP contribution in [0.2, 0.25) is 0 Å². The Balaban J connectivity index is 1.52. The maximum Gasteiger partial charge on any atom is 0.306 e. The smallest absolute Gasteiger partial charge is 0.306 e. The van der Waals surface area contributed by atoms with Crippen LogP contribution in [0.1, 0.15) is 45.4 Å². The van der Waals surface area contributed by atoms with E-state index in [1.54, 1.807) is 0 Å². The van der Waals surface area contributed by atoms with Gasteiger partial charge in [-0.3, -0.25) is 9.59 Å². The lowest BCUT2D eigenvalue weighted by atomic mass is 9.84. The lowest BCUT2D eigenvalue weighted by Crippen LogP contribution is -2.45. The molecule has 5 unspecified atom stereocenters. The van der Waals surface area contributed by atoms with Crippen LogP contribution in [0.3, 0.4) is 0 Å². The molecule has 3 aliphatic rings. The van der Waals surface area contributed by atoms with Crippen molar-refractivity contribution in [3.63, 3.8) is 0 Å². The average Bonchev–Trinajstić information content (AvgIpc) is 3.00. The number of hydrogen-bond acceptors (Lipinski definition) is 2. The molecule has 1 aliphatic heterocycles. The summed E-state index contributed by atoms with van der Waals surface area (Å²) in [6.45, 7) is 3.20. The summed E-state index contributed by atoms with van der Waals surface area (Å²) in [5.41, 5.74) is 0. The Morgan fingerprint density at radius 3 is 2.55 bits per heavy atom. The molecule has 2 saturated carbocycles. The Kier molecular flexibility index (Phi) is 3.74.